The topological polar surface area (TPSA) is 68.5 Å². The first-order valence-electron chi connectivity index (χ1n) is 8.56. The van der Waals surface area contributed by atoms with Gasteiger partial charge in [0.25, 0.3) is 5.91 Å². The molecule has 26 heavy (non-hydrogen) atoms. The van der Waals surface area contributed by atoms with Crippen LogP contribution in [-0.4, -0.2) is 42.1 Å². The van der Waals surface area contributed by atoms with Crippen LogP contribution in [0.1, 0.15) is 39.3 Å². The van der Waals surface area contributed by atoms with E-state index in [1.807, 2.05) is 0 Å². The number of amides is 1. The zero-order chi connectivity index (χ0) is 18.5. The van der Waals surface area contributed by atoms with Gasteiger partial charge in [0.05, 0.1) is 18.9 Å². The summed E-state index contributed by atoms with van der Waals surface area (Å²) >= 11 is 0.961. The summed E-state index contributed by atoms with van der Waals surface area (Å²) in [5, 5.41) is 0.536. The number of aryl methyl sites for hydroxylation is 1. The summed E-state index contributed by atoms with van der Waals surface area (Å²) in [5.74, 6) is -0.257. The molecule has 140 valence electrons. The Morgan fingerprint density at radius 2 is 1.81 bits per heavy atom. The molecule has 0 atom stereocenters. The minimum absolute atomic E-state index is 0.201. The zero-order valence-electron chi connectivity index (χ0n) is 14.0. The molecule has 1 saturated heterocycles. The van der Waals surface area contributed by atoms with Crippen LogP contribution in [0.5, 0.6) is 0 Å². The van der Waals surface area contributed by atoms with E-state index in [-0.39, 0.29) is 26.9 Å². The predicted molar refractivity (Wildman–Crippen MR) is 92.4 cm³/mol. The van der Waals surface area contributed by atoms with Crippen molar-refractivity contribution < 1.29 is 22.7 Å². The lowest BCUT2D eigenvalue weighted by Gasteiger charge is -2.26. The number of anilines is 1. The van der Waals surface area contributed by atoms with Crippen molar-refractivity contribution in [2.75, 3.05) is 32.0 Å². The molecule has 0 spiro atoms. The zero-order valence-corrected chi connectivity index (χ0v) is 14.8. The number of ether oxygens (including phenoxy) is 1. The molecule has 0 bridgehead atoms. The van der Waals surface area contributed by atoms with Crippen LogP contribution in [0, 0.1) is 0 Å². The Labute approximate surface area is 151 Å². The highest BCUT2D eigenvalue weighted by Crippen LogP contribution is 2.43. The molecule has 1 fully saturated rings. The van der Waals surface area contributed by atoms with Crippen molar-refractivity contribution in [1.29, 1.82) is 0 Å². The Bertz CT molecular complexity index is 872. The van der Waals surface area contributed by atoms with Gasteiger partial charge in [-0.2, -0.15) is 13.2 Å². The number of nitrogens with zero attached hydrogens (tertiary/aromatic N) is 2. The van der Waals surface area contributed by atoms with Crippen LogP contribution in [0.25, 0.3) is 10.2 Å². The van der Waals surface area contributed by atoms with Gasteiger partial charge in [0.15, 0.2) is 0 Å². The maximum atomic E-state index is 13.5. The van der Waals surface area contributed by atoms with Crippen molar-refractivity contribution in [2.24, 2.45) is 0 Å². The number of rotatable bonds is 1. The van der Waals surface area contributed by atoms with Crippen molar-refractivity contribution in [3.05, 3.63) is 21.7 Å². The fraction of sp³-hybridized carbons (Fsp3) is 0.529. The fourth-order valence-corrected chi connectivity index (χ4v) is 4.81. The number of hydrogen-bond acceptors (Lipinski definition) is 5. The third-order valence-corrected chi connectivity index (χ3v) is 6.04. The van der Waals surface area contributed by atoms with E-state index in [0.29, 0.717) is 56.5 Å². The number of alkyl halides is 3. The number of fused-ring (bicyclic) bond motifs is 3. The molecule has 1 amide bonds. The molecular formula is C17H18F3N3O2S. The maximum absolute atomic E-state index is 13.5. The lowest BCUT2D eigenvalue weighted by Crippen LogP contribution is -2.40. The summed E-state index contributed by atoms with van der Waals surface area (Å²) in [6.45, 7) is 1.79. The number of aromatic nitrogens is 1. The Balaban J connectivity index is 1.88. The van der Waals surface area contributed by atoms with Gasteiger partial charge in [-0.05, 0) is 36.8 Å². The van der Waals surface area contributed by atoms with E-state index >= 15 is 0 Å². The van der Waals surface area contributed by atoms with Crippen molar-refractivity contribution in [2.45, 2.75) is 31.9 Å². The van der Waals surface area contributed by atoms with Gasteiger partial charge in [-0.25, -0.2) is 4.98 Å². The van der Waals surface area contributed by atoms with Gasteiger partial charge in [-0.15, -0.1) is 11.3 Å². The summed E-state index contributed by atoms with van der Waals surface area (Å²) in [6.07, 6.45) is -2.13. The number of nitrogens with two attached hydrogens (primary N) is 1. The summed E-state index contributed by atoms with van der Waals surface area (Å²) in [5.41, 5.74) is 6.53. The molecule has 0 unspecified atom stereocenters. The third kappa shape index (κ3) is 2.83. The number of carbonyl (C=O) groups excluding carboxylic acids is 1. The van der Waals surface area contributed by atoms with Gasteiger partial charge in [-0.3, -0.25) is 4.79 Å². The van der Waals surface area contributed by atoms with Crippen LogP contribution < -0.4 is 5.73 Å². The molecule has 2 N–H and O–H groups in total. The molecule has 9 heteroatoms. The number of morpholine rings is 1. The molecule has 1 aliphatic carbocycles. The van der Waals surface area contributed by atoms with Gasteiger partial charge in [0.1, 0.15) is 15.4 Å². The van der Waals surface area contributed by atoms with E-state index < -0.39 is 11.9 Å². The highest BCUT2D eigenvalue weighted by molar-refractivity contribution is 7.21. The van der Waals surface area contributed by atoms with Crippen LogP contribution >= 0.6 is 11.3 Å². The molecular weight excluding hydrogens is 367 g/mol. The second-order valence-corrected chi connectivity index (χ2v) is 7.55. The highest BCUT2D eigenvalue weighted by atomic mass is 32.1. The van der Waals surface area contributed by atoms with Crippen LogP contribution in [0.2, 0.25) is 0 Å². The average Bonchev–Trinajstić information content (AvgIpc) is 2.97. The van der Waals surface area contributed by atoms with E-state index in [9.17, 15) is 18.0 Å². The molecule has 0 aromatic carbocycles. The summed E-state index contributed by atoms with van der Waals surface area (Å²) in [4.78, 5) is 18.8. The Hall–Kier alpha value is -1.87. The molecule has 2 aromatic heterocycles. The molecule has 2 aliphatic rings. The second kappa shape index (κ2) is 6.38. The van der Waals surface area contributed by atoms with Gasteiger partial charge >= 0.3 is 6.18 Å². The highest BCUT2D eigenvalue weighted by Gasteiger charge is 2.39. The average molecular weight is 385 g/mol. The van der Waals surface area contributed by atoms with Crippen molar-refractivity contribution >= 4 is 33.1 Å². The monoisotopic (exact) mass is 385 g/mol. The van der Waals surface area contributed by atoms with Crippen LogP contribution in [-0.2, 0) is 23.8 Å². The predicted octanol–water partition coefficient (Wildman–Crippen LogP) is 3.25. The van der Waals surface area contributed by atoms with Crippen molar-refractivity contribution in [3.63, 3.8) is 0 Å². The van der Waals surface area contributed by atoms with Crippen LogP contribution in [0.3, 0.4) is 0 Å². The molecule has 5 nitrogen and oxygen atoms in total. The van der Waals surface area contributed by atoms with Gasteiger partial charge in [0.2, 0.25) is 0 Å². The third-order valence-electron chi connectivity index (χ3n) is 4.96. The number of pyridine rings is 1. The number of carbonyl (C=O) groups is 1. The van der Waals surface area contributed by atoms with Crippen molar-refractivity contribution in [3.8, 4) is 0 Å². The summed E-state index contributed by atoms with van der Waals surface area (Å²) < 4.78 is 45.7. The molecule has 0 saturated carbocycles. The van der Waals surface area contributed by atoms with Crippen molar-refractivity contribution in [1.82, 2.24) is 9.88 Å². The molecule has 2 aromatic rings. The standard InChI is InChI=1S/C17H18F3N3O2S/c18-17(19,20)14-10-4-2-1-3-9(10)11-12(21)13(26-15(11)22-14)16(24)23-5-7-25-8-6-23/h1-8,21H2. The minimum atomic E-state index is -4.51. The minimum Gasteiger partial charge on any atom is -0.397 e. The van der Waals surface area contributed by atoms with Gasteiger partial charge < -0.3 is 15.4 Å². The van der Waals surface area contributed by atoms with Gasteiger partial charge in [0, 0.05) is 18.5 Å². The quantitative estimate of drug-likeness (QED) is 0.818. The Morgan fingerprint density at radius 3 is 2.46 bits per heavy atom. The molecule has 0 radical (unpaired) electrons. The first kappa shape index (κ1) is 17.5. The number of nitrogen functional groups attached to an aromatic ring is 1. The number of halogens is 3. The lowest BCUT2D eigenvalue weighted by molar-refractivity contribution is -0.141. The molecule has 1 aliphatic heterocycles. The SMILES string of the molecule is Nc1c(C(=O)N2CCOCC2)sc2nc(C(F)(F)F)c3c(c12)CCCC3. The maximum Gasteiger partial charge on any atom is 0.433 e. The van der Waals surface area contributed by atoms with E-state index in [2.05, 4.69) is 4.98 Å². The van der Waals surface area contributed by atoms with E-state index in [1.54, 1.807) is 4.90 Å². The molecule has 4 rings (SSSR count). The van der Waals surface area contributed by atoms with Crippen LogP contribution in [0.15, 0.2) is 0 Å². The summed E-state index contributed by atoms with van der Waals surface area (Å²) in [7, 11) is 0. The van der Waals surface area contributed by atoms with E-state index in [0.717, 1.165) is 17.8 Å². The second-order valence-electron chi connectivity index (χ2n) is 6.55. The first-order chi connectivity index (χ1) is 12.4. The van der Waals surface area contributed by atoms with Gasteiger partial charge in [-0.1, -0.05) is 0 Å². The summed E-state index contributed by atoms with van der Waals surface area (Å²) in [6, 6.07) is 0. The Kier molecular flexibility index (Phi) is 4.31. The smallest absolute Gasteiger partial charge is 0.397 e. The number of hydrogen-bond donors (Lipinski definition) is 1. The van der Waals surface area contributed by atoms with Crippen LogP contribution in [0.4, 0.5) is 18.9 Å². The normalized spacial score (nSPS) is 18.2. The molecule has 3 heterocycles. The van der Waals surface area contributed by atoms with E-state index in [1.165, 1.54) is 0 Å². The Morgan fingerprint density at radius 1 is 1.15 bits per heavy atom. The lowest BCUT2D eigenvalue weighted by atomic mass is 9.88. The van der Waals surface area contributed by atoms with E-state index in [4.69, 9.17) is 10.5 Å². The fourth-order valence-electron chi connectivity index (χ4n) is 3.72. The number of thiophene rings is 1. The first-order valence-corrected chi connectivity index (χ1v) is 9.37. The largest absolute Gasteiger partial charge is 0.433 e.